The number of hydrogen-bond donors (Lipinski definition) is 1. The quantitative estimate of drug-likeness (QED) is 0.569. The molecular formula is C21H25N5O2S. The lowest BCUT2D eigenvalue weighted by Crippen LogP contribution is -2.20. The van der Waals surface area contributed by atoms with Crippen LogP contribution in [0.15, 0.2) is 53.7 Å². The molecule has 0 bridgehead atoms. The van der Waals surface area contributed by atoms with Crippen LogP contribution in [0.1, 0.15) is 12.7 Å². The van der Waals surface area contributed by atoms with Crippen LogP contribution in [0.3, 0.4) is 0 Å². The first-order valence-corrected chi connectivity index (χ1v) is 10.3. The second kappa shape index (κ2) is 9.47. The van der Waals surface area contributed by atoms with Gasteiger partial charge in [-0.3, -0.25) is 9.36 Å². The fourth-order valence-corrected chi connectivity index (χ4v) is 3.68. The maximum absolute atomic E-state index is 12.6. The number of hydrogen-bond acceptors (Lipinski definition) is 6. The number of aryl methyl sites for hydroxylation is 1. The van der Waals surface area contributed by atoms with E-state index in [9.17, 15) is 4.79 Å². The molecule has 3 aromatic rings. The summed E-state index contributed by atoms with van der Waals surface area (Å²) in [6.45, 7) is 4.81. The Balaban J connectivity index is 1.72. The summed E-state index contributed by atoms with van der Waals surface area (Å²) in [4.78, 5) is 14.7. The van der Waals surface area contributed by atoms with Crippen molar-refractivity contribution in [3.05, 3.63) is 54.4 Å². The number of carbonyl (C=O) groups excluding carboxylic acids is 1. The minimum absolute atomic E-state index is 0.0928. The van der Waals surface area contributed by atoms with E-state index < -0.39 is 0 Å². The maximum Gasteiger partial charge on any atom is 0.234 e. The number of rotatable bonds is 8. The number of nitrogens with zero attached hydrogens (tertiary/aromatic N) is 4. The van der Waals surface area contributed by atoms with Gasteiger partial charge in [0, 0.05) is 19.7 Å². The molecule has 8 heteroatoms. The molecule has 7 nitrogen and oxygen atoms in total. The van der Waals surface area contributed by atoms with Crippen molar-refractivity contribution in [1.82, 2.24) is 14.8 Å². The molecule has 0 spiro atoms. The van der Waals surface area contributed by atoms with E-state index in [1.165, 1.54) is 11.8 Å². The van der Waals surface area contributed by atoms with Crippen molar-refractivity contribution in [2.24, 2.45) is 0 Å². The van der Waals surface area contributed by atoms with E-state index in [4.69, 9.17) is 4.74 Å². The molecule has 1 aromatic heterocycles. The summed E-state index contributed by atoms with van der Waals surface area (Å²) in [6.07, 6.45) is 0. The summed E-state index contributed by atoms with van der Waals surface area (Å²) in [6, 6.07) is 15.5. The molecule has 0 saturated heterocycles. The van der Waals surface area contributed by atoms with Gasteiger partial charge in [0.1, 0.15) is 11.6 Å². The van der Waals surface area contributed by atoms with Crippen LogP contribution in [0.4, 0.5) is 11.4 Å². The topological polar surface area (TPSA) is 72.3 Å². The van der Waals surface area contributed by atoms with Crippen LogP contribution in [-0.4, -0.2) is 47.1 Å². The number of para-hydroxylation sites is 2. The molecule has 1 N–H and O–H groups in total. The Labute approximate surface area is 175 Å². The lowest BCUT2D eigenvalue weighted by Gasteiger charge is -2.20. The molecule has 0 unspecified atom stereocenters. The molecule has 0 radical (unpaired) electrons. The van der Waals surface area contributed by atoms with Crippen molar-refractivity contribution in [3.63, 3.8) is 0 Å². The lowest BCUT2D eigenvalue weighted by molar-refractivity contribution is -0.113. The van der Waals surface area contributed by atoms with Gasteiger partial charge in [-0.25, -0.2) is 0 Å². The summed E-state index contributed by atoms with van der Waals surface area (Å²) >= 11 is 1.35. The Bertz CT molecular complexity index is 989. The molecule has 1 heterocycles. The van der Waals surface area contributed by atoms with Gasteiger partial charge in [0.2, 0.25) is 5.91 Å². The Kier molecular flexibility index (Phi) is 6.77. The molecule has 0 aliphatic heterocycles. The van der Waals surface area contributed by atoms with Gasteiger partial charge in [-0.05, 0) is 38.1 Å². The molecule has 2 aromatic carbocycles. The van der Waals surface area contributed by atoms with Gasteiger partial charge in [-0.1, -0.05) is 30.0 Å². The molecule has 0 aliphatic rings. The van der Waals surface area contributed by atoms with Crippen molar-refractivity contribution in [1.29, 1.82) is 0 Å². The highest BCUT2D eigenvalue weighted by Gasteiger charge is 2.15. The van der Waals surface area contributed by atoms with Crippen molar-refractivity contribution >= 4 is 29.0 Å². The second-order valence-corrected chi connectivity index (χ2v) is 7.38. The highest BCUT2D eigenvalue weighted by Crippen LogP contribution is 2.26. The first kappa shape index (κ1) is 20.7. The number of aromatic nitrogens is 3. The zero-order valence-corrected chi connectivity index (χ0v) is 17.9. The summed E-state index contributed by atoms with van der Waals surface area (Å²) in [5.74, 6) is 1.63. The number of thioether (sulfide) groups is 1. The third-order valence-electron chi connectivity index (χ3n) is 4.50. The summed E-state index contributed by atoms with van der Waals surface area (Å²) in [5.41, 5.74) is 2.68. The van der Waals surface area contributed by atoms with E-state index in [1.54, 1.807) is 7.11 Å². The normalized spacial score (nSPS) is 10.6. The predicted octanol–water partition coefficient (Wildman–Crippen LogP) is 3.77. The smallest absolute Gasteiger partial charge is 0.234 e. The van der Waals surface area contributed by atoms with Crippen LogP contribution >= 0.6 is 11.8 Å². The van der Waals surface area contributed by atoms with Gasteiger partial charge in [-0.15, -0.1) is 10.2 Å². The van der Waals surface area contributed by atoms with Gasteiger partial charge in [0.25, 0.3) is 0 Å². The van der Waals surface area contributed by atoms with Crippen LogP contribution in [0, 0.1) is 6.92 Å². The first-order chi connectivity index (χ1) is 14.0. The third kappa shape index (κ3) is 4.89. The van der Waals surface area contributed by atoms with Crippen molar-refractivity contribution in [2.75, 3.05) is 36.7 Å². The Hall–Kier alpha value is -3.00. The zero-order valence-electron chi connectivity index (χ0n) is 17.0. The number of amides is 1. The number of benzene rings is 2. The second-order valence-electron chi connectivity index (χ2n) is 6.43. The van der Waals surface area contributed by atoms with Crippen LogP contribution in [-0.2, 0) is 4.79 Å². The molecule has 1 amide bonds. The Morgan fingerprint density at radius 3 is 2.76 bits per heavy atom. The number of anilines is 2. The fourth-order valence-electron chi connectivity index (χ4n) is 2.88. The zero-order chi connectivity index (χ0) is 20.8. The van der Waals surface area contributed by atoms with Crippen LogP contribution in [0.2, 0.25) is 0 Å². The van der Waals surface area contributed by atoms with E-state index in [0.717, 1.165) is 35.2 Å². The molecule has 3 rings (SSSR count). The van der Waals surface area contributed by atoms with Crippen molar-refractivity contribution in [3.8, 4) is 11.4 Å². The van der Waals surface area contributed by atoms with Crippen LogP contribution in [0.25, 0.3) is 5.69 Å². The third-order valence-corrected chi connectivity index (χ3v) is 5.43. The van der Waals surface area contributed by atoms with Crippen molar-refractivity contribution < 1.29 is 9.53 Å². The highest BCUT2D eigenvalue weighted by atomic mass is 32.2. The molecule has 0 aliphatic carbocycles. The summed E-state index contributed by atoms with van der Waals surface area (Å²) in [5, 5.41) is 12.1. The van der Waals surface area contributed by atoms with Gasteiger partial charge < -0.3 is 15.0 Å². The minimum Gasteiger partial charge on any atom is -0.497 e. The SMILES string of the molecule is CCN(C)c1ccccc1NC(=O)CSc1nnc(C)n1-c1cccc(OC)c1. The van der Waals surface area contributed by atoms with E-state index in [-0.39, 0.29) is 11.7 Å². The average Bonchev–Trinajstić information content (AvgIpc) is 3.12. The molecule has 0 saturated carbocycles. The number of nitrogens with one attached hydrogen (secondary N) is 1. The van der Waals surface area contributed by atoms with E-state index in [1.807, 2.05) is 67.1 Å². The standard InChI is InChI=1S/C21H25N5O2S/c1-5-25(3)19-12-7-6-11-18(19)22-20(27)14-29-21-24-23-15(2)26(21)16-9-8-10-17(13-16)28-4/h6-13H,5,14H2,1-4H3,(H,22,27). The summed E-state index contributed by atoms with van der Waals surface area (Å²) in [7, 11) is 3.63. The Morgan fingerprint density at radius 1 is 1.21 bits per heavy atom. The average molecular weight is 412 g/mol. The van der Waals surface area contributed by atoms with Gasteiger partial charge >= 0.3 is 0 Å². The van der Waals surface area contributed by atoms with Gasteiger partial charge in [0.15, 0.2) is 5.16 Å². The number of carbonyl (C=O) groups is 1. The monoisotopic (exact) mass is 411 g/mol. The minimum atomic E-state index is -0.0928. The van der Waals surface area contributed by atoms with Crippen LogP contribution < -0.4 is 15.0 Å². The van der Waals surface area contributed by atoms with E-state index in [0.29, 0.717) is 5.16 Å². The fraction of sp³-hybridized carbons (Fsp3) is 0.286. The maximum atomic E-state index is 12.6. The largest absolute Gasteiger partial charge is 0.497 e. The molecule has 0 atom stereocenters. The number of ether oxygens (including phenoxy) is 1. The molecular weight excluding hydrogens is 386 g/mol. The van der Waals surface area contributed by atoms with E-state index in [2.05, 4.69) is 27.3 Å². The number of methoxy groups -OCH3 is 1. The van der Waals surface area contributed by atoms with Crippen LogP contribution in [0.5, 0.6) is 5.75 Å². The van der Waals surface area contributed by atoms with Crippen molar-refractivity contribution in [2.45, 2.75) is 19.0 Å². The van der Waals surface area contributed by atoms with Gasteiger partial charge in [0.05, 0.1) is 29.9 Å². The lowest BCUT2D eigenvalue weighted by atomic mass is 10.2. The molecule has 0 fully saturated rings. The predicted molar refractivity (Wildman–Crippen MR) is 117 cm³/mol. The van der Waals surface area contributed by atoms with E-state index >= 15 is 0 Å². The molecule has 29 heavy (non-hydrogen) atoms. The Morgan fingerprint density at radius 2 is 2.00 bits per heavy atom. The molecule has 152 valence electrons. The summed E-state index contributed by atoms with van der Waals surface area (Å²) < 4.78 is 7.22. The van der Waals surface area contributed by atoms with Gasteiger partial charge in [-0.2, -0.15) is 0 Å². The first-order valence-electron chi connectivity index (χ1n) is 9.32. The highest BCUT2D eigenvalue weighted by molar-refractivity contribution is 7.99.